The molecular weight excluding hydrogens is 290 g/mol. The van der Waals surface area contributed by atoms with E-state index in [1.807, 2.05) is 25.1 Å². The summed E-state index contributed by atoms with van der Waals surface area (Å²) in [5, 5.41) is 16.0. The summed E-state index contributed by atoms with van der Waals surface area (Å²) in [5.74, 6) is 0.156. The lowest BCUT2D eigenvalue weighted by atomic mass is 10.1. The Kier molecular flexibility index (Phi) is 5.31. The van der Waals surface area contributed by atoms with E-state index in [1.165, 1.54) is 0 Å². The Morgan fingerprint density at radius 3 is 2.81 bits per heavy atom. The lowest BCUT2D eigenvalue weighted by molar-refractivity contribution is 0.133. The Bertz CT molecular complexity index is 508. The van der Waals surface area contributed by atoms with Crippen molar-refractivity contribution in [2.45, 2.75) is 25.4 Å². The fourth-order valence-electron chi connectivity index (χ4n) is 2.64. The monoisotopic (exact) mass is 311 g/mol. The van der Waals surface area contributed by atoms with Gasteiger partial charge in [0, 0.05) is 31.6 Å². The van der Waals surface area contributed by atoms with Crippen LogP contribution in [0.3, 0.4) is 0 Å². The van der Waals surface area contributed by atoms with Crippen molar-refractivity contribution in [2.75, 3.05) is 30.9 Å². The molecule has 3 N–H and O–H groups in total. The van der Waals surface area contributed by atoms with Crippen LogP contribution in [0.4, 0.5) is 16.2 Å². The molecule has 0 aromatic heterocycles. The first-order valence-electron chi connectivity index (χ1n) is 7.17. The van der Waals surface area contributed by atoms with Crippen LogP contribution in [-0.2, 0) is 0 Å². The van der Waals surface area contributed by atoms with Crippen molar-refractivity contribution < 1.29 is 9.90 Å². The second-order valence-corrected chi connectivity index (χ2v) is 6.09. The third kappa shape index (κ3) is 4.25. The largest absolute Gasteiger partial charge is 0.393 e. The van der Waals surface area contributed by atoms with Gasteiger partial charge in [0.05, 0.1) is 17.5 Å². The molecule has 1 fully saturated rings. The predicted molar refractivity (Wildman–Crippen MR) is 86.1 cm³/mol. The first-order valence-corrected chi connectivity index (χ1v) is 7.55. The van der Waals surface area contributed by atoms with Gasteiger partial charge in [-0.25, -0.2) is 4.79 Å². The molecule has 2 rings (SSSR count). The van der Waals surface area contributed by atoms with E-state index < -0.39 is 0 Å². The minimum atomic E-state index is -0.297. The molecule has 2 atom stereocenters. The van der Waals surface area contributed by atoms with Crippen molar-refractivity contribution in [2.24, 2.45) is 5.92 Å². The number of amides is 2. The van der Waals surface area contributed by atoms with Gasteiger partial charge in [0.15, 0.2) is 0 Å². The number of carbonyl (C=O) groups is 1. The third-order valence-electron chi connectivity index (χ3n) is 3.83. The summed E-state index contributed by atoms with van der Waals surface area (Å²) in [6.45, 7) is 0.491. The lowest BCUT2D eigenvalue weighted by Crippen LogP contribution is -2.35. The number of carbonyl (C=O) groups excluding carboxylic acids is 1. The van der Waals surface area contributed by atoms with Crippen molar-refractivity contribution in [1.29, 1.82) is 0 Å². The van der Waals surface area contributed by atoms with Crippen molar-refractivity contribution in [3.63, 3.8) is 0 Å². The minimum Gasteiger partial charge on any atom is -0.393 e. The summed E-state index contributed by atoms with van der Waals surface area (Å²) in [5.41, 5.74) is 1.55. The first kappa shape index (κ1) is 15.9. The molecule has 0 aliphatic heterocycles. The van der Waals surface area contributed by atoms with Crippen LogP contribution in [0.5, 0.6) is 0 Å². The number of nitrogens with zero attached hydrogens (tertiary/aromatic N) is 1. The van der Waals surface area contributed by atoms with Gasteiger partial charge in [-0.15, -0.1) is 0 Å². The minimum absolute atomic E-state index is 0.156. The molecule has 1 aromatic rings. The highest BCUT2D eigenvalue weighted by atomic mass is 35.5. The van der Waals surface area contributed by atoms with E-state index in [1.54, 1.807) is 12.1 Å². The van der Waals surface area contributed by atoms with Crippen molar-refractivity contribution in [3.05, 3.63) is 23.2 Å². The smallest absolute Gasteiger partial charge is 0.319 e. The second kappa shape index (κ2) is 7.00. The maximum Gasteiger partial charge on any atom is 0.319 e. The van der Waals surface area contributed by atoms with Gasteiger partial charge in [-0.1, -0.05) is 18.0 Å². The molecule has 1 aliphatic rings. The van der Waals surface area contributed by atoms with E-state index in [2.05, 4.69) is 10.6 Å². The molecule has 21 heavy (non-hydrogen) atoms. The number of hydrogen-bond donors (Lipinski definition) is 3. The van der Waals surface area contributed by atoms with Crippen LogP contribution in [0.1, 0.15) is 19.3 Å². The number of aliphatic hydroxyl groups excluding tert-OH is 1. The number of aliphatic hydroxyl groups is 1. The number of nitrogens with one attached hydrogen (secondary N) is 2. The van der Waals surface area contributed by atoms with Crippen LogP contribution >= 0.6 is 11.6 Å². The van der Waals surface area contributed by atoms with E-state index in [0.29, 0.717) is 17.3 Å². The van der Waals surface area contributed by atoms with Gasteiger partial charge >= 0.3 is 6.03 Å². The van der Waals surface area contributed by atoms with Crippen LogP contribution in [0, 0.1) is 5.92 Å². The zero-order chi connectivity index (χ0) is 15.4. The van der Waals surface area contributed by atoms with Gasteiger partial charge in [-0.05, 0) is 31.0 Å². The summed E-state index contributed by atoms with van der Waals surface area (Å²) in [7, 11) is 3.81. The van der Waals surface area contributed by atoms with Crippen LogP contribution in [0.15, 0.2) is 18.2 Å². The molecule has 2 amide bonds. The van der Waals surface area contributed by atoms with E-state index in [4.69, 9.17) is 11.6 Å². The topological polar surface area (TPSA) is 64.6 Å². The highest BCUT2D eigenvalue weighted by Gasteiger charge is 2.25. The second-order valence-electron chi connectivity index (χ2n) is 5.65. The van der Waals surface area contributed by atoms with Gasteiger partial charge < -0.3 is 20.6 Å². The number of rotatable bonds is 4. The maximum atomic E-state index is 12.0. The average Bonchev–Trinajstić information content (AvgIpc) is 2.81. The highest BCUT2D eigenvalue weighted by Crippen LogP contribution is 2.28. The number of benzene rings is 1. The quantitative estimate of drug-likeness (QED) is 0.801. The molecule has 0 radical (unpaired) electrons. The summed E-state index contributed by atoms with van der Waals surface area (Å²) in [6, 6.07) is 5.09. The number of urea groups is 1. The molecule has 0 spiro atoms. The van der Waals surface area contributed by atoms with Gasteiger partial charge in [0.1, 0.15) is 0 Å². The van der Waals surface area contributed by atoms with E-state index in [9.17, 15) is 9.90 Å². The van der Waals surface area contributed by atoms with E-state index in [0.717, 1.165) is 24.9 Å². The standard InChI is InChI=1S/C15H22ClN3O2/c1-19(2)13-7-6-11(16)8-12(13)18-15(21)17-9-10-4-3-5-14(10)20/h6-8,10,14,20H,3-5,9H2,1-2H3,(H2,17,18,21)/t10-,14-/m1/s1. The Morgan fingerprint density at radius 2 is 2.19 bits per heavy atom. The zero-order valence-electron chi connectivity index (χ0n) is 12.4. The Morgan fingerprint density at radius 1 is 1.43 bits per heavy atom. The summed E-state index contributed by atoms with van der Waals surface area (Å²) in [6.07, 6.45) is 2.51. The summed E-state index contributed by atoms with van der Waals surface area (Å²) >= 11 is 5.98. The predicted octanol–water partition coefficient (Wildman–Crippen LogP) is 2.69. The molecule has 1 aromatic carbocycles. The molecule has 5 nitrogen and oxygen atoms in total. The van der Waals surface area contributed by atoms with E-state index >= 15 is 0 Å². The molecule has 0 heterocycles. The van der Waals surface area contributed by atoms with Crippen LogP contribution in [0.25, 0.3) is 0 Å². The number of anilines is 2. The Labute approximate surface area is 130 Å². The van der Waals surface area contributed by atoms with Crippen LogP contribution < -0.4 is 15.5 Å². The highest BCUT2D eigenvalue weighted by molar-refractivity contribution is 6.31. The zero-order valence-corrected chi connectivity index (χ0v) is 13.2. The first-order chi connectivity index (χ1) is 9.97. The normalized spacial score (nSPS) is 21.1. The molecular formula is C15H22ClN3O2. The molecule has 1 saturated carbocycles. The Hall–Kier alpha value is -1.46. The molecule has 6 heteroatoms. The molecule has 0 saturated heterocycles. The summed E-state index contributed by atoms with van der Waals surface area (Å²) in [4.78, 5) is 13.9. The molecule has 0 unspecified atom stereocenters. The van der Waals surface area contributed by atoms with Crippen LogP contribution in [0.2, 0.25) is 5.02 Å². The van der Waals surface area contributed by atoms with Crippen molar-refractivity contribution >= 4 is 29.0 Å². The average molecular weight is 312 g/mol. The Balaban J connectivity index is 1.94. The van der Waals surface area contributed by atoms with Crippen molar-refractivity contribution in [1.82, 2.24) is 5.32 Å². The van der Waals surface area contributed by atoms with Crippen molar-refractivity contribution in [3.8, 4) is 0 Å². The molecule has 0 bridgehead atoms. The van der Waals surface area contributed by atoms with E-state index in [-0.39, 0.29) is 18.1 Å². The third-order valence-corrected chi connectivity index (χ3v) is 4.07. The fraction of sp³-hybridized carbons (Fsp3) is 0.533. The van der Waals surface area contributed by atoms with Crippen LogP contribution in [-0.4, -0.2) is 37.9 Å². The number of halogens is 1. The summed E-state index contributed by atoms with van der Waals surface area (Å²) < 4.78 is 0. The molecule has 116 valence electrons. The van der Waals surface area contributed by atoms with Gasteiger partial charge in [-0.3, -0.25) is 0 Å². The van der Waals surface area contributed by atoms with Gasteiger partial charge in [0.25, 0.3) is 0 Å². The molecule has 1 aliphatic carbocycles. The number of hydrogen-bond acceptors (Lipinski definition) is 3. The SMILES string of the molecule is CN(C)c1ccc(Cl)cc1NC(=O)NC[C@H]1CCC[C@H]1O. The van der Waals surface area contributed by atoms with Gasteiger partial charge in [-0.2, -0.15) is 0 Å². The van der Waals surface area contributed by atoms with Gasteiger partial charge in [0.2, 0.25) is 0 Å². The lowest BCUT2D eigenvalue weighted by Gasteiger charge is -2.19. The maximum absolute atomic E-state index is 12.0. The fourth-order valence-corrected chi connectivity index (χ4v) is 2.82.